The molecule has 2 aromatic carbocycles. The van der Waals surface area contributed by atoms with E-state index < -0.39 is 0 Å². The Bertz CT molecular complexity index is 880. The quantitative estimate of drug-likeness (QED) is 0.795. The molecule has 26 heavy (non-hydrogen) atoms. The zero-order valence-electron chi connectivity index (χ0n) is 14.9. The van der Waals surface area contributed by atoms with Gasteiger partial charge in [-0.3, -0.25) is 9.59 Å². The van der Waals surface area contributed by atoms with Crippen LogP contribution in [0.1, 0.15) is 30.4 Å². The maximum absolute atomic E-state index is 13.4. The first-order valence-corrected chi connectivity index (χ1v) is 9.17. The van der Waals surface area contributed by atoms with Crippen LogP contribution in [0.3, 0.4) is 0 Å². The molecule has 0 unspecified atom stereocenters. The van der Waals surface area contributed by atoms with Crippen LogP contribution in [-0.2, 0) is 9.59 Å². The molecule has 0 aromatic heterocycles. The monoisotopic (exact) mass is 346 g/mol. The number of imide groups is 1. The molecule has 4 rings (SSSR count). The first-order valence-electron chi connectivity index (χ1n) is 9.17. The summed E-state index contributed by atoms with van der Waals surface area (Å²) < 4.78 is 0. The van der Waals surface area contributed by atoms with Crippen molar-refractivity contribution in [3.63, 3.8) is 0 Å². The number of piperidine rings is 1. The first-order chi connectivity index (χ1) is 12.7. The number of benzene rings is 2. The molecule has 0 atom stereocenters. The van der Waals surface area contributed by atoms with Crippen LogP contribution in [-0.4, -0.2) is 29.8 Å². The van der Waals surface area contributed by atoms with Crippen molar-refractivity contribution < 1.29 is 9.59 Å². The summed E-state index contributed by atoms with van der Waals surface area (Å²) >= 11 is 0. The van der Waals surface area contributed by atoms with Gasteiger partial charge in [0.05, 0.1) is 11.3 Å². The van der Waals surface area contributed by atoms with E-state index in [1.54, 1.807) is 0 Å². The minimum Gasteiger partial charge on any atom is -0.366 e. The second-order valence-electron chi connectivity index (χ2n) is 6.87. The first kappa shape index (κ1) is 16.6. The molecule has 2 aromatic rings. The Morgan fingerprint density at radius 3 is 2.12 bits per heavy atom. The molecule has 2 heterocycles. The van der Waals surface area contributed by atoms with Crippen LogP contribution >= 0.6 is 0 Å². The topological polar surface area (TPSA) is 40.6 Å². The lowest BCUT2D eigenvalue weighted by atomic mass is 10.0. The van der Waals surface area contributed by atoms with Gasteiger partial charge in [-0.2, -0.15) is 0 Å². The molecule has 0 aliphatic carbocycles. The van der Waals surface area contributed by atoms with Gasteiger partial charge in [0.1, 0.15) is 5.70 Å². The highest BCUT2D eigenvalue weighted by atomic mass is 16.2. The molecular weight excluding hydrogens is 324 g/mol. The van der Waals surface area contributed by atoms with E-state index in [4.69, 9.17) is 0 Å². The number of hydrogen-bond acceptors (Lipinski definition) is 3. The minimum atomic E-state index is -0.226. The van der Waals surface area contributed by atoms with Gasteiger partial charge in [0.25, 0.3) is 11.8 Å². The second kappa shape index (κ2) is 6.79. The lowest BCUT2D eigenvalue weighted by Crippen LogP contribution is -2.37. The summed E-state index contributed by atoms with van der Waals surface area (Å²) in [4.78, 5) is 30.2. The number of rotatable bonds is 3. The second-order valence-corrected chi connectivity index (χ2v) is 6.87. The average Bonchev–Trinajstić information content (AvgIpc) is 2.94. The van der Waals surface area contributed by atoms with E-state index in [1.165, 1.54) is 11.3 Å². The summed E-state index contributed by atoms with van der Waals surface area (Å²) in [5.41, 5.74) is 3.48. The standard InChI is InChI=1S/C22H22N2O2/c1-16-10-6-7-13-18(16)24-21(25)19(17-11-4-2-5-12-17)20(22(24)26)23-14-8-3-9-15-23/h2,4-7,10-13H,3,8-9,14-15H2,1H3. The van der Waals surface area contributed by atoms with Gasteiger partial charge in [-0.05, 0) is 43.4 Å². The van der Waals surface area contributed by atoms with Crippen molar-refractivity contribution in [1.82, 2.24) is 4.90 Å². The van der Waals surface area contributed by atoms with Crippen molar-refractivity contribution in [3.8, 4) is 0 Å². The fourth-order valence-corrected chi connectivity index (χ4v) is 3.83. The third kappa shape index (κ3) is 2.71. The van der Waals surface area contributed by atoms with E-state index in [0.29, 0.717) is 17.0 Å². The Kier molecular flexibility index (Phi) is 4.33. The highest BCUT2D eigenvalue weighted by Crippen LogP contribution is 2.36. The Morgan fingerprint density at radius 1 is 0.769 bits per heavy atom. The van der Waals surface area contributed by atoms with E-state index in [1.807, 2.05) is 61.5 Å². The summed E-state index contributed by atoms with van der Waals surface area (Å²) in [6.45, 7) is 3.58. The molecule has 4 heteroatoms. The van der Waals surface area contributed by atoms with Gasteiger partial charge in [0.15, 0.2) is 0 Å². The highest BCUT2D eigenvalue weighted by molar-refractivity contribution is 6.45. The highest BCUT2D eigenvalue weighted by Gasteiger charge is 2.42. The Hall–Kier alpha value is -2.88. The van der Waals surface area contributed by atoms with Crippen molar-refractivity contribution in [2.24, 2.45) is 0 Å². The van der Waals surface area contributed by atoms with E-state index in [2.05, 4.69) is 4.90 Å². The van der Waals surface area contributed by atoms with Gasteiger partial charge in [0.2, 0.25) is 0 Å². The molecule has 0 N–H and O–H groups in total. The van der Waals surface area contributed by atoms with Crippen molar-refractivity contribution in [3.05, 3.63) is 71.4 Å². The van der Waals surface area contributed by atoms with E-state index in [-0.39, 0.29) is 11.8 Å². The van der Waals surface area contributed by atoms with Gasteiger partial charge < -0.3 is 4.90 Å². The number of hydrogen-bond donors (Lipinski definition) is 0. The van der Waals surface area contributed by atoms with E-state index in [9.17, 15) is 9.59 Å². The number of para-hydroxylation sites is 1. The van der Waals surface area contributed by atoms with E-state index >= 15 is 0 Å². The number of anilines is 1. The van der Waals surface area contributed by atoms with Crippen LogP contribution in [0.2, 0.25) is 0 Å². The molecule has 2 amide bonds. The normalized spacial score (nSPS) is 18.0. The zero-order valence-corrected chi connectivity index (χ0v) is 14.9. The number of carbonyl (C=O) groups is 2. The molecule has 0 spiro atoms. The third-order valence-corrected chi connectivity index (χ3v) is 5.15. The minimum absolute atomic E-state index is 0.204. The molecule has 2 aliphatic heterocycles. The van der Waals surface area contributed by atoms with Crippen LogP contribution in [0.5, 0.6) is 0 Å². The molecule has 4 nitrogen and oxygen atoms in total. The number of nitrogens with zero attached hydrogens (tertiary/aromatic N) is 2. The summed E-state index contributed by atoms with van der Waals surface area (Å²) in [6, 6.07) is 17.1. The van der Waals surface area contributed by atoms with Crippen LogP contribution in [0.25, 0.3) is 5.57 Å². The van der Waals surface area contributed by atoms with Gasteiger partial charge >= 0.3 is 0 Å². The Labute approximate surface area is 153 Å². The summed E-state index contributed by atoms with van der Waals surface area (Å²) in [6.07, 6.45) is 3.28. The van der Waals surface area contributed by atoms with Crippen molar-refractivity contribution in [2.45, 2.75) is 26.2 Å². The molecule has 0 saturated carbocycles. The van der Waals surface area contributed by atoms with Crippen molar-refractivity contribution in [2.75, 3.05) is 18.0 Å². The van der Waals surface area contributed by atoms with Crippen LogP contribution in [0.15, 0.2) is 60.3 Å². The summed E-state index contributed by atoms with van der Waals surface area (Å²) in [7, 11) is 0. The van der Waals surface area contributed by atoms with Gasteiger partial charge in [-0.1, -0.05) is 48.5 Å². The van der Waals surface area contributed by atoms with Crippen molar-refractivity contribution >= 4 is 23.1 Å². The maximum Gasteiger partial charge on any atom is 0.282 e. The van der Waals surface area contributed by atoms with Crippen molar-refractivity contribution in [1.29, 1.82) is 0 Å². The number of aryl methyl sites for hydroxylation is 1. The number of carbonyl (C=O) groups excluding carboxylic acids is 2. The molecular formula is C22H22N2O2. The van der Waals surface area contributed by atoms with Gasteiger partial charge in [-0.25, -0.2) is 4.90 Å². The van der Waals surface area contributed by atoms with Crippen LogP contribution < -0.4 is 4.90 Å². The average molecular weight is 346 g/mol. The zero-order chi connectivity index (χ0) is 18.1. The predicted molar refractivity (Wildman–Crippen MR) is 102 cm³/mol. The number of likely N-dealkylation sites (tertiary alicyclic amines) is 1. The Morgan fingerprint density at radius 2 is 1.42 bits per heavy atom. The lowest BCUT2D eigenvalue weighted by molar-refractivity contribution is -0.120. The summed E-state index contributed by atoms with van der Waals surface area (Å²) in [5, 5.41) is 0. The van der Waals surface area contributed by atoms with Gasteiger partial charge in [0, 0.05) is 13.1 Å². The predicted octanol–water partition coefficient (Wildman–Crippen LogP) is 3.77. The smallest absolute Gasteiger partial charge is 0.282 e. The molecule has 0 bridgehead atoms. The fourth-order valence-electron chi connectivity index (χ4n) is 3.83. The maximum atomic E-state index is 13.4. The Balaban J connectivity index is 1.84. The largest absolute Gasteiger partial charge is 0.366 e. The molecule has 132 valence electrons. The third-order valence-electron chi connectivity index (χ3n) is 5.15. The van der Waals surface area contributed by atoms with Crippen LogP contribution in [0, 0.1) is 6.92 Å². The molecule has 2 aliphatic rings. The van der Waals surface area contributed by atoms with Gasteiger partial charge in [-0.15, -0.1) is 0 Å². The molecule has 1 saturated heterocycles. The lowest BCUT2D eigenvalue weighted by Gasteiger charge is -2.29. The number of amides is 2. The SMILES string of the molecule is Cc1ccccc1N1C(=O)C(c2ccccc2)=C(N2CCCCC2)C1=O. The summed E-state index contributed by atoms with van der Waals surface area (Å²) in [5.74, 6) is -0.430. The van der Waals surface area contributed by atoms with E-state index in [0.717, 1.165) is 37.1 Å². The van der Waals surface area contributed by atoms with Crippen LogP contribution in [0.4, 0.5) is 5.69 Å². The molecule has 1 fully saturated rings. The molecule has 0 radical (unpaired) electrons. The fraction of sp³-hybridized carbons (Fsp3) is 0.273.